The van der Waals surface area contributed by atoms with E-state index in [1.54, 1.807) is 12.1 Å². The highest BCUT2D eigenvalue weighted by atomic mass is 19.3. The molecule has 1 heterocycles. The predicted molar refractivity (Wildman–Crippen MR) is 52.1 cm³/mol. The van der Waals surface area contributed by atoms with Crippen LogP contribution >= 0.6 is 0 Å². The Morgan fingerprint density at radius 1 is 1.21 bits per heavy atom. The SMILES string of the molecule is Nc1ccc2[nH]c(C(F)F)cc2c1N. The summed E-state index contributed by atoms with van der Waals surface area (Å²) < 4.78 is 24.7. The summed E-state index contributed by atoms with van der Waals surface area (Å²) in [6.07, 6.45) is -2.52. The Morgan fingerprint density at radius 2 is 1.93 bits per heavy atom. The number of benzene rings is 1. The molecule has 5 N–H and O–H groups in total. The van der Waals surface area contributed by atoms with Gasteiger partial charge in [0.2, 0.25) is 0 Å². The molecule has 0 spiro atoms. The molecule has 0 aliphatic rings. The van der Waals surface area contributed by atoms with Crippen LogP contribution in [0, 0.1) is 0 Å². The molecule has 0 unspecified atom stereocenters. The van der Waals surface area contributed by atoms with E-state index >= 15 is 0 Å². The molecule has 74 valence electrons. The number of alkyl halides is 2. The van der Waals surface area contributed by atoms with Gasteiger partial charge in [0.05, 0.1) is 17.1 Å². The van der Waals surface area contributed by atoms with Crippen molar-refractivity contribution in [3.05, 3.63) is 23.9 Å². The summed E-state index contributed by atoms with van der Waals surface area (Å²) in [6.45, 7) is 0. The van der Waals surface area contributed by atoms with Gasteiger partial charge < -0.3 is 16.5 Å². The third kappa shape index (κ3) is 1.17. The van der Waals surface area contributed by atoms with Gasteiger partial charge in [-0.25, -0.2) is 8.78 Å². The zero-order valence-electron chi connectivity index (χ0n) is 7.22. The first-order chi connectivity index (χ1) is 6.59. The van der Waals surface area contributed by atoms with Crippen LogP contribution in [-0.2, 0) is 0 Å². The maximum absolute atomic E-state index is 12.3. The van der Waals surface area contributed by atoms with Gasteiger partial charge in [-0.1, -0.05) is 0 Å². The molecule has 5 heteroatoms. The van der Waals surface area contributed by atoms with E-state index in [1.165, 1.54) is 6.07 Å². The lowest BCUT2D eigenvalue weighted by Crippen LogP contribution is -1.93. The van der Waals surface area contributed by atoms with Gasteiger partial charge >= 0.3 is 0 Å². The highest BCUT2D eigenvalue weighted by Gasteiger charge is 2.12. The van der Waals surface area contributed by atoms with Crippen LogP contribution in [-0.4, -0.2) is 4.98 Å². The van der Waals surface area contributed by atoms with Gasteiger partial charge in [-0.2, -0.15) is 0 Å². The predicted octanol–water partition coefficient (Wildman–Crippen LogP) is 2.27. The number of nitrogens with one attached hydrogen (secondary N) is 1. The average molecular weight is 197 g/mol. The molecule has 0 amide bonds. The van der Waals surface area contributed by atoms with E-state index in [2.05, 4.69) is 4.98 Å². The fraction of sp³-hybridized carbons (Fsp3) is 0.111. The number of rotatable bonds is 1. The number of anilines is 2. The number of nitrogens with two attached hydrogens (primary N) is 2. The van der Waals surface area contributed by atoms with Crippen molar-refractivity contribution in [2.24, 2.45) is 0 Å². The normalized spacial score (nSPS) is 11.4. The standard InChI is InChI=1S/C9H9F2N3/c10-9(11)7-3-4-6(14-7)2-1-5(12)8(4)13/h1-3,9,14H,12-13H2. The molecule has 1 aromatic heterocycles. The second kappa shape index (κ2) is 2.87. The summed E-state index contributed by atoms with van der Waals surface area (Å²) >= 11 is 0. The van der Waals surface area contributed by atoms with Crippen LogP contribution in [0.1, 0.15) is 12.1 Å². The smallest absolute Gasteiger partial charge is 0.278 e. The Balaban J connectivity index is 2.71. The van der Waals surface area contributed by atoms with Crippen LogP contribution < -0.4 is 11.5 Å². The molecule has 2 aromatic rings. The van der Waals surface area contributed by atoms with E-state index in [9.17, 15) is 8.78 Å². The van der Waals surface area contributed by atoms with Gasteiger partial charge in [0.15, 0.2) is 0 Å². The van der Waals surface area contributed by atoms with Crippen LogP contribution in [0.15, 0.2) is 18.2 Å². The molecule has 0 atom stereocenters. The van der Waals surface area contributed by atoms with Crippen molar-refractivity contribution in [2.45, 2.75) is 6.43 Å². The first-order valence-electron chi connectivity index (χ1n) is 4.04. The van der Waals surface area contributed by atoms with E-state index in [4.69, 9.17) is 11.5 Å². The van der Waals surface area contributed by atoms with Crippen molar-refractivity contribution in [2.75, 3.05) is 11.5 Å². The highest BCUT2D eigenvalue weighted by Crippen LogP contribution is 2.30. The minimum absolute atomic E-state index is 0.141. The fourth-order valence-corrected chi connectivity index (χ4v) is 1.38. The van der Waals surface area contributed by atoms with Crippen LogP contribution in [0.25, 0.3) is 10.9 Å². The number of hydrogen-bond donors (Lipinski definition) is 3. The largest absolute Gasteiger partial charge is 0.397 e. The van der Waals surface area contributed by atoms with E-state index in [0.29, 0.717) is 22.3 Å². The first kappa shape index (κ1) is 8.80. The summed E-state index contributed by atoms with van der Waals surface area (Å²) in [6, 6.07) is 4.54. The van der Waals surface area contributed by atoms with Gasteiger partial charge in [0.25, 0.3) is 6.43 Å². The molecule has 2 rings (SSSR count). The molecule has 0 radical (unpaired) electrons. The third-order valence-electron chi connectivity index (χ3n) is 2.13. The summed E-state index contributed by atoms with van der Waals surface area (Å²) in [5.74, 6) is 0. The lowest BCUT2D eigenvalue weighted by molar-refractivity contribution is 0.147. The number of fused-ring (bicyclic) bond motifs is 1. The second-order valence-corrected chi connectivity index (χ2v) is 3.06. The van der Waals surface area contributed by atoms with E-state index in [0.717, 1.165) is 0 Å². The number of nitrogen functional groups attached to an aromatic ring is 2. The lowest BCUT2D eigenvalue weighted by Gasteiger charge is -1.99. The van der Waals surface area contributed by atoms with Crippen molar-refractivity contribution in [3.8, 4) is 0 Å². The molecule has 0 saturated heterocycles. The first-order valence-corrected chi connectivity index (χ1v) is 4.04. The molecule has 0 aliphatic heterocycles. The molecular formula is C9H9F2N3. The third-order valence-corrected chi connectivity index (χ3v) is 2.13. The molecule has 14 heavy (non-hydrogen) atoms. The minimum atomic E-state index is -2.52. The van der Waals surface area contributed by atoms with Crippen molar-refractivity contribution in [3.63, 3.8) is 0 Å². The molecule has 0 saturated carbocycles. The topological polar surface area (TPSA) is 67.8 Å². The van der Waals surface area contributed by atoms with Crippen LogP contribution in [0.5, 0.6) is 0 Å². The average Bonchev–Trinajstić information content (AvgIpc) is 2.56. The number of hydrogen-bond acceptors (Lipinski definition) is 2. The molecule has 3 nitrogen and oxygen atoms in total. The van der Waals surface area contributed by atoms with Gasteiger partial charge in [-0.05, 0) is 18.2 Å². The van der Waals surface area contributed by atoms with E-state index in [1.807, 2.05) is 0 Å². The Bertz CT molecular complexity index is 476. The van der Waals surface area contributed by atoms with Crippen molar-refractivity contribution in [1.82, 2.24) is 4.98 Å². The van der Waals surface area contributed by atoms with Gasteiger partial charge in [0, 0.05) is 10.9 Å². The summed E-state index contributed by atoms with van der Waals surface area (Å²) in [5, 5.41) is 0.542. The Hall–Kier alpha value is -1.78. The molecule has 0 fully saturated rings. The van der Waals surface area contributed by atoms with Gasteiger partial charge in [-0.3, -0.25) is 0 Å². The Kier molecular flexibility index (Phi) is 1.80. The molecule has 0 aliphatic carbocycles. The van der Waals surface area contributed by atoms with E-state index in [-0.39, 0.29) is 5.69 Å². The van der Waals surface area contributed by atoms with Gasteiger partial charge in [-0.15, -0.1) is 0 Å². The quantitative estimate of drug-likeness (QED) is 0.614. The number of H-pyrrole nitrogens is 1. The highest BCUT2D eigenvalue weighted by molar-refractivity contribution is 5.97. The van der Waals surface area contributed by atoms with Crippen molar-refractivity contribution in [1.29, 1.82) is 0 Å². The lowest BCUT2D eigenvalue weighted by atomic mass is 10.2. The van der Waals surface area contributed by atoms with Crippen LogP contribution in [0.2, 0.25) is 0 Å². The summed E-state index contributed by atoms with van der Waals surface area (Å²) in [7, 11) is 0. The van der Waals surface area contributed by atoms with Crippen LogP contribution in [0.4, 0.5) is 20.2 Å². The fourth-order valence-electron chi connectivity index (χ4n) is 1.38. The monoisotopic (exact) mass is 197 g/mol. The minimum Gasteiger partial charge on any atom is -0.397 e. The molecule has 0 bridgehead atoms. The Labute approximate surface area is 78.7 Å². The van der Waals surface area contributed by atoms with E-state index < -0.39 is 6.43 Å². The van der Waals surface area contributed by atoms with Gasteiger partial charge in [0.1, 0.15) is 0 Å². The number of aromatic amines is 1. The summed E-state index contributed by atoms with van der Waals surface area (Å²) in [4.78, 5) is 2.58. The molecule has 1 aromatic carbocycles. The zero-order chi connectivity index (χ0) is 10.3. The summed E-state index contributed by atoms with van der Waals surface area (Å²) in [5.41, 5.74) is 12.4. The number of aromatic nitrogens is 1. The maximum atomic E-state index is 12.3. The zero-order valence-corrected chi connectivity index (χ0v) is 7.22. The van der Waals surface area contributed by atoms with Crippen LogP contribution in [0.3, 0.4) is 0 Å². The number of halogens is 2. The second-order valence-electron chi connectivity index (χ2n) is 3.06. The van der Waals surface area contributed by atoms with Crippen molar-refractivity contribution < 1.29 is 8.78 Å². The maximum Gasteiger partial charge on any atom is 0.278 e. The molecular weight excluding hydrogens is 188 g/mol. The van der Waals surface area contributed by atoms with Crippen molar-refractivity contribution >= 4 is 22.3 Å². The Morgan fingerprint density at radius 3 is 2.57 bits per heavy atom.